The monoisotopic (exact) mass is 458 g/mol. The fourth-order valence-electron chi connectivity index (χ4n) is 5.69. The van der Waals surface area contributed by atoms with Crippen LogP contribution in [0.1, 0.15) is 43.9 Å². The van der Waals surface area contributed by atoms with Gasteiger partial charge in [0, 0.05) is 60.6 Å². The number of hydrogen-bond donors (Lipinski definition) is 2. The predicted octanol–water partition coefficient (Wildman–Crippen LogP) is 4.10. The highest BCUT2D eigenvalue weighted by atomic mass is 19.4. The fraction of sp³-hybridized carbons (Fsp3) is 0.522. The minimum atomic E-state index is -4.28. The van der Waals surface area contributed by atoms with Crippen LogP contribution in [-0.4, -0.2) is 56.5 Å². The van der Waals surface area contributed by atoms with Gasteiger partial charge >= 0.3 is 12.2 Å². The molecule has 3 aromatic heterocycles. The second kappa shape index (κ2) is 6.74. The standard InChI is InChI=1S/C23H25F3N6O/c1-2-27-20(33)31-7-5-21(13-31)6-8-32-18(21)10-17(30-32)14-9-15-16(12-29-19(15)28-11-14)22(3-4-22)23(24,25)26/h9-12H,2-8,13H2,1H3,(H,27,33)(H,28,29). The van der Waals surface area contributed by atoms with E-state index < -0.39 is 11.6 Å². The Labute approximate surface area is 188 Å². The van der Waals surface area contributed by atoms with Gasteiger partial charge in [0.25, 0.3) is 0 Å². The molecule has 1 spiro atoms. The summed E-state index contributed by atoms with van der Waals surface area (Å²) >= 11 is 0. The van der Waals surface area contributed by atoms with Crippen molar-refractivity contribution in [2.24, 2.45) is 0 Å². The van der Waals surface area contributed by atoms with Crippen LogP contribution in [0.4, 0.5) is 18.0 Å². The van der Waals surface area contributed by atoms with E-state index in [4.69, 9.17) is 5.10 Å². The number of alkyl halides is 3. The number of fused-ring (bicyclic) bond motifs is 3. The van der Waals surface area contributed by atoms with E-state index in [1.807, 2.05) is 22.6 Å². The largest absolute Gasteiger partial charge is 0.398 e. The van der Waals surface area contributed by atoms with Crippen molar-refractivity contribution in [1.82, 2.24) is 30.0 Å². The SMILES string of the molecule is CCNC(=O)N1CCC2(CCn3nc(-c4cnc5[nH]cc(C6(C(F)(F)F)CC6)c5c4)cc32)C1. The van der Waals surface area contributed by atoms with Gasteiger partial charge in [-0.05, 0) is 50.3 Å². The lowest BCUT2D eigenvalue weighted by atomic mass is 9.82. The number of likely N-dealkylation sites (tertiary alicyclic amines) is 1. The first kappa shape index (κ1) is 20.6. The molecule has 1 aliphatic carbocycles. The van der Waals surface area contributed by atoms with Gasteiger partial charge in [0.05, 0.1) is 11.1 Å². The number of urea groups is 1. The molecule has 10 heteroatoms. The molecule has 5 heterocycles. The Morgan fingerprint density at radius 3 is 2.73 bits per heavy atom. The lowest BCUT2D eigenvalue weighted by molar-refractivity contribution is -0.160. The van der Waals surface area contributed by atoms with Crippen molar-refractivity contribution in [3.05, 3.63) is 35.8 Å². The van der Waals surface area contributed by atoms with Gasteiger partial charge in [-0.25, -0.2) is 9.78 Å². The Hall–Kier alpha value is -3.04. The maximum absolute atomic E-state index is 13.7. The summed E-state index contributed by atoms with van der Waals surface area (Å²) in [7, 11) is 0. The van der Waals surface area contributed by atoms with E-state index in [9.17, 15) is 18.0 Å². The summed E-state index contributed by atoms with van der Waals surface area (Å²) in [6.45, 7) is 4.61. The van der Waals surface area contributed by atoms with Crippen molar-refractivity contribution in [2.45, 2.75) is 56.2 Å². The van der Waals surface area contributed by atoms with Gasteiger partial charge in [-0.1, -0.05) is 0 Å². The van der Waals surface area contributed by atoms with E-state index in [2.05, 4.69) is 15.3 Å². The van der Waals surface area contributed by atoms with Crippen LogP contribution in [0.2, 0.25) is 0 Å². The number of rotatable bonds is 3. The summed E-state index contributed by atoms with van der Waals surface area (Å²) in [4.78, 5) is 21.5. The summed E-state index contributed by atoms with van der Waals surface area (Å²) in [5, 5.41) is 8.14. The molecule has 2 N–H and O–H groups in total. The molecule has 7 nitrogen and oxygen atoms in total. The summed E-state index contributed by atoms with van der Waals surface area (Å²) < 4.78 is 43.2. The van der Waals surface area contributed by atoms with Crippen molar-refractivity contribution in [3.8, 4) is 11.3 Å². The van der Waals surface area contributed by atoms with E-state index in [1.54, 1.807) is 12.3 Å². The number of hydrogen-bond acceptors (Lipinski definition) is 3. The van der Waals surface area contributed by atoms with Gasteiger partial charge in [0.15, 0.2) is 0 Å². The smallest absolute Gasteiger partial charge is 0.346 e. The third kappa shape index (κ3) is 2.92. The molecular formula is C23H25F3N6O. The number of aryl methyl sites for hydroxylation is 1. The Morgan fingerprint density at radius 1 is 1.21 bits per heavy atom. The van der Waals surface area contributed by atoms with E-state index in [0.717, 1.165) is 25.1 Å². The number of halogens is 3. The molecule has 174 valence electrons. The quantitative estimate of drug-likeness (QED) is 0.620. The van der Waals surface area contributed by atoms with Gasteiger partial charge in [0.1, 0.15) is 5.65 Å². The van der Waals surface area contributed by atoms with E-state index >= 15 is 0 Å². The number of H-pyrrole nitrogens is 1. The second-order valence-electron chi connectivity index (χ2n) is 9.58. The highest BCUT2D eigenvalue weighted by Gasteiger charge is 2.65. The predicted molar refractivity (Wildman–Crippen MR) is 116 cm³/mol. The maximum atomic E-state index is 13.7. The topological polar surface area (TPSA) is 78.8 Å². The van der Waals surface area contributed by atoms with Crippen LogP contribution in [0.5, 0.6) is 0 Å². The Balaban J connectivity index is 1.34. The zero-order chi connectivity index (χ0) is 23.0. The van der Waals surface area contributed by atoms with Gasteiger partial charge in [-0.2, -0.15) is 18.3 Å². The van der Waals surface area contributed by atoms with Crippen molar-refractivity contribution < 1.29 is 18.0 Å². The molecule has 1 atom stereocenters. The first-order valence-electron chi connectivity index (χ1n) is 11.4. The van der Waals surface area contributed by atoms with Crippen molar-refractivity contribution in [2.75, 3.05) is 19.6 Å². The molecule has 2 aliphatic heterocycles. The summed E-state index contributed by atoms with van der Waals surface area (Å²) in [5.41, 5.74) is 1.35. The minimum Gasteiger partial charge on any atom is -0.346 e. The molecule has 3 aliphatic rings. The highest BCUT2D eigenvalue weighted by molar-refractivity contribution is 5.86. The van der Waals surface area contributed by atoms with Gasteiger partial charge in [-0.3, -0.25) is 4.68 Å². The number of aromatic nitrogens is 4. The molecular weight excluding hydrogens is 433 g/mol. The lowest BCUT2D eigenvalue weighted by Crippen LogP contribution is -2.40. The van der Waals surface area contributed by atoms with Crippen molar-refractivity contribution in [1.29, 1.82) is 0 Å². The summed E-state index contributed by atoms with van der Waals surface area (Å²) in [6, 6.07) is 3.77. The highest BCUT2D eigenvalue weighted by Crippen LogP contribution is 2.60. The normalized spacial score (nSPS) is 23.5. The van der Waals surface area contributed by atoms with Crippen LogP contribution in [-0.2, 0) is 17.4 Å². The molecule has 1 saturated carbocycles. The molecule has 1 saturated heterocycles. The van der Waals surface area contributed by atoms with E-state index in [1.165, 1.54) is 6.20 Å². The average molecular weight is 458 g/mol. The fourth-order valence-corrected chi connectivity index (χ4v) is 5.69. The van der Waals surface area contributed by atoms with Crippen molar-refractivity contribution >= 4 is 17.1 Å². The Morgan fingerprint density at radius 2 is 2.00 bits per heavy atom. The number of nitrogens with zero attached hydrogens (tertiary/aromatic N) is 4. The third-order valence-corrected chi connectivity index (χ3v) is 7.73. The Kier molecular flexibility index (Phi) is 4.20. The maximum Gasteiger partial charge on any atom is 0.398 e. The summed E-state index contributed by atoms with van der Waals surface area (Å²) in [6.07, 6.45) is 0.864. The number of aromatic amines is 1. The van der Waals surface area contributed by atoms with Crippen LogP contribution in [0.15, 0.2) is 24.5 Å². The van der Waals surface area contributed by atoms with Gasteiger partial charge < -0.3 is 15.2 Å². The van der Waals surface area contributed by atoms with Crippen LogP contribution >= 0.6 is 0 Å². The zero-order valence-corrected chi connectivity index (χ0v) is 18.3. The first-order chi connectivity index (χ1) is 15.8. The number of nitrogens with one attached hydrogen (secondary N) is 2. The molecule has 6 rings (SSSR count). The molecule has 3 aromatic rings. The molecule has 1 unspecified atom stereocenters. The number of amides is 2. The lowest BCUT2D eigenvalue weighted by Gasteiger charge is -2.23. The van der Waals surface area contributed by atoms with Gasteiger partial charge in [-0.15, -0.1) is 0 Å². The van der Waals surface area contributed by atoms with Crippen LogP contribution in [0.3, 0.4) is 0 Å². The molecule has 2 amide bonds. The molecule has 0 radical (unpaired) electrons. The average Bonchev–Trinajstić information content (AvgIpc) is 3.13. The van der Waals surface area contributed by atoms with Crippen LogP contribution < -0.4 is 5.32 Å². The molecule has 0 aromatic carbocycles. The minimum absolute atomic E-state index is 0.0409. The molecule has 0 bridgehead atoms. The zero-order valence-electron chi connectivity index (χ0n) is 18.3. The Bertz CT molecular complexity index is 1260. The number of pyridine rings is 1. The first-order valence-corrected chi connectivity index (χ1v) is 11.4. The second-order valence-corrected chi connectivity index (χ2v) is 9.58. The molecule has 2 fully saturated rings. The number of carbonyl (C=O) groups is 1. The third-order valence-electron chi connectivity index (χ3n) is 7.73. The van der Waals surface area contributed by atoms with E-state index in [-0.39, 0.29) is 29.9 Å². The van der Waals surface area contributed by atoms with Gasteiger partial charge in [0.2, 0.25) is 0 Å². The van der Waals surface area contributed by atoms with Crippen LogP contribution in [0, 0.1) is 0 Å². The summed E-state index contributed by atoms with van der Waals surface area (Å²) in [5.74, 6) is 0. The molecule has 33 heavy (non-hydrogen) atoms. The number of carbonyl (C=O) groups excluding carboxylic acids is 1. The van der Waals surface area contributed by atoms with Crippen LogP contribution in [0.25, 0.3) is 22.3 Å². The van der Waals surface area contributed by atoms with Crippen molar-refractivity contribution in [3.63, 3.8) is 0 Å². The van der Waals surface area contributed by atoms with E-state index in [0.29, 0.717) is 41.9 Å².